The number of hydrogen-bond acceptors (Lipinski definition) is 3. The zero-order valence-electron chi connectivity index (χ0n) is 12.8. The molecule has 3 nitrogen and oxygen atoms in total. The molecule has 4 heteroatoms. The Morgan fingerprint density at radius 3 is 1.29 bits per heavy atom. The van der Waals surface area contributed by atoms with Crippen LogP contribution in [0.15, 0.2) is 56.2 Å². The Hall–Kier alpha value is -0.706. The molecule has 0 fully saturated rings. The summed E-state index contributed by atoms with van der Waals surface area (Å²) < 4.78 is 0. The number of hydrogen-bond donors (Lipinski definition) is 0. The Labute approximate surface area is 145 Å². The molecule has 0 aromatic carbocycles. The van der Waals surface area contributed by atoms with Gasteiger partial charge in [-0.2, -0.15) is 6.08 Å². The molecule has 1 rings (SSSR count). The molecule has 0 amide bonds. The molecular formula is C17H26O3Ti. The molecule has 1 aliphatic rings. The van der Waals surface area contributed by atoms with Gasteiger partial charge in [-0.3, -0.25) is 6.08 Å². The molecule has 0 aromatic rings. The van der Waals surface area contributed by atoms with E-state index < -0.39 is 0 Å². The second-order valence-corrected chi connectivity index (χ2v) is 3.35. The van der Waals surface area contributed by atoms with E-state index in [1.807, 2.05) is 12.2 Å². The van der Waals surface area contributed by atoms with Gasteiger partial charge in [-0.1, -0.05) is 37.5 Å². The van der Waals surface area contributed by atoms with E-state index in [1.54, 1.807) is 18.2 Å². The van der Waals surface area contributed by atoms with Gasteiger partial charge in [0.1, 0.15) is 0 Å². The SMILES string of the molecule is C=CCC[O-].C=CCC[O-].C=CCC[O-].[C-]1=CC=CC1.[Ti+4]. The molecular weight excluding hydrogens is 300 g/mol. The molecule has 0 aromatic heterocycles. The minimum atomic E-state index is -0.0243. The van der Waals surface area contributed by atoms with Gasteiger partial charge in [0, 0.05) is 0 Å². The maximum atomic E-state index is 9.46. The molecule has 0 radical (unpaired) electrons. The van der Waals surface area contributed by atoms with Gasteiger partial charge in [-0.25, -0.2) is 12.2 Å². The maximum Gasteiger partial charge on any atom is 4.00 e. The van der Waals surface area contributed by atoms with Gasteiger partial charge in [0.15, 0.2) is 0 Å². The zero-order valence-corrected chi connectivity index (χ0v) is 14.3. The van der Waals surface area contributed by atoms with Crippen LogP contribution in [0.2, 0.25) is 0 Å². The molecule has 0 saturated carbocycles. The van der Waals surface area contributed by atoms with E-state index in [4.69, 9.17) is 0 Å². The van der Waals surface area contributed by atoms with Crippen LogP contribution in [0.25, 0.3) is 0 Å². The third-order valence-corrected chi connectivity index (χ3v) is 1.55. The van der Waals surface area contributed by atoms with Crippen molar-refractivity contribution >= 4 is 0 Å². The number of rotatable bonds is 6. The smallest absolute Gasteiger partial charge is 0.854 e. The van der Waals surface area contributed by atoms with Crippen LogP contribution in [-0.4, -0.2) is 19.8 Å². The topological polar surface area (TPSA) is 69.2 Å². The predicted molar refractivity (Wildman–Crippen MR) is 80.6 cm³/mol. The summed E-state index contributed by atoms with van der Waals surface area (Å²) in [5, 5.41) is 28.4. The summed E-state index contributed by atoms with van der Waals surface area (Å²) in [6, 6.07) is 0. The second-order valence-electron chi connectivity index (χ2n) is 3.35. The van der Waals surface area contributed by atoms with E-state index in [0.717, 1.165) is 6.42 Å². The average molecular weight is 326 g/mol. The van der Waals surface area contributed by atoms with E-state index in [2.05, 4.69) is 31.9 Å². The first-order valence-electron chi connectivity index (χ1n) is 6.53. The van der Waals surface area contributed by atoms with Crippen molar-refractivity contribution in [2.45, 2.75) is 25.7 Å². The van der Waals surface area contributed by atoms with Gasteiger partial charge >= 0.3 is 21.7 Å². The van der Waals surface area contributed by atoms with Crippen molar-refractivity contribution in [3.63, 3.8) is 0 Å². The Balaban J connectivity index is -0.0000000903. The molecule has 0 aliphatic heterocycles. The summed E-state index contributed by atoms with van der Waals surface area (Å²) in [7, 11) is 0. The summed E-state index contributed by atoms with van der Waals surface area (Å²) >= 11 is 0. The van der Waals surface area contributed by atoms with E-state index in [-0.39, 0.29) is 41.5 Å². The van der Waals surface area contributed by atoms with Crippen molar-refractivity contribution in [1.82, 2.24) is 0 Å². The van der Waals surface area contributed by atoms with Gasteiger partial charge in [0.2, 0.25) is 0 Å². The largest absolute Gasteiger partial charge is 4.00 e. The summed E-state index contributed by atoms with van der Waals surface area (Å²) in [6.45, 7) is 9.98. The summed E-state index contributed by atoms with van der Waals surface area (Å²) in [5.41, 5.74) is 0. The molecule has 0 saturated heterocycles. The van der Waals surface area contributed by atoms with Crippen molar-refractivity contribution < 1.29 is 37.0 Å². The summed E-state index contributed by atoms with van der Waals surface area (Å²) in [6.07, 6.45) is 16.6. The molecule has 0 heterocycles. The fourth-order valence-electron chi connectivity index (χ4n) is 0.590. The fraction of sp³-hybridized carbons (Fsp3) is 0.412. The van der Waals surface area contributed by atoms with E-state index in [9.17, 15) is 15.3 Å². The minimum absolute atomic E-state index is 0. The monoisotopic (exact) mass is 326 g/mol. The molecule has 0 spiro atoms. The molecule has 0 bridgehead atoms. The van der Waals surface area contributed by atoms with Crippen LogP contribution in [0, 0.1) is 6.08 Å². The van der Waals surface area contributed by atoms with Gasteiger partial charge < -0.3 is 15.3 Å². The second kappa shape index (κ2) is 36.5. The van der Waals surface area contributed by atoms with Gasteiger partial charge in [0.05, 0.1) is 0 Å². The van der Waals surface area contributed by atoms with Gasteiger partial charge in [-0.15, -0.1) is 46.0 Å². The normalized spacial score (nSPS) is 9.48. The van der Waals surface area contributed by atoms with Crippen LogP contribution in [0.4, 0.5) is 0 Å². The first-order valence-corrected chi connectivity index (χ1v) is 6.53. The van der Waals surface area contributed by atoms with Crippen molar-refractivity contribution in [3.8, 4) is 0 Å². The van der Waals surface area contributed by atoms with Crippen molar-refractivity contribution in [3.05, 3.63) is 62.3 Å². The Morgan fingerprint density at radius 2 is 1.24 bits per heavy atom. The average Bonchev–Trinajstić information content (AvgIpc) is 3.02. The van der Waals surface area contributed by atoms with Crippen LogP contribution >= 0.6 is 0 Å². The first-order chi connectivity index (χ1) is 9.74. The molecule has 0 atom stereocenters. The van der Waals surface area contributed by atoms with Gasteiger partial charge in [-0.05, 0) is 0 Å². The molecule has 1 aliphatic carbocycles. The van der Waals surface area contributed by atoms with Crippen LogP contribution in [0.1, 0.15) is 25.7 Å². The maximum absolute atomic E-state index is 9.46. The van der Waals surface area contributed by atoms with Crippen LogP contribution in [-0.2, 0) is 21.7 Å². The van der Waals surface area contributed by atoms with Crippen LogP contribution in [0.5, 0.6) is 0 Å². The Morgan fingerprint density at radius 1 is 0.857 bits per heavy atom. The van der Waals surface area contributed by atoms with Crippen molar-refractivity contribution in [1.29, 1.82) is 0 Å². The molecule has 0 unspecified atom stereocenters. The minimum Gasteiger partial charge on any atom is -0.854 e. The fourth-order valence-corrected chi connectivity index (χ4v) is 0.590. The van der Waals surface area contributed by atoms with Gasteiger partial charge in [0.25, 0.3) is 0 Å². The zero-order chi connectivity index (χ0) is 15.9. The standard InChI is InChI=1S/C5H5.3C4H7O.Ti/c1-2-4-5-3-1;3*1-2-3-4-5;/h1-3H,4H2;3*2H,1,3-4H2;/q4*-1;+4. The molecule has 21 heavy (non-hydrogen) atoms. The Kier molecular flexibility index (Phi) is 49.5. The number of allylic oxidation sites excluding steroid dienone is 4. The van der Waals surface area contributed by atoms with Crippen LogP contribution in [0.3, 0.4) is 0 Å². The third kappa shape index (κ3) is 54.5. The van der Waals surface area contributed by atoms with E-state index in [0.29, 0.717) is 19.3 Å². The van der Waals surface area contributed by atoms with Crippen molar-refractivity contribution in [2.24, 2.45) is 0 Å². The summed E-state index contributed by atoms with van der Waals surface area (Å²) in [5.74, 6) is 0. The summed E-state index contributed by atoms with van der Waals surface area (Å²) in [4.78, 5) is 0. The van der Waals surface area contributed by atoms with Crippen LogP contribution < -0.4 is 15.3 Å². The molecule has 0 N–H and O–H groups in total. The van der Waals surface area contributed by atoms with E-state index in [1.165, 1.54) is 0 Å². The molecule has 116 valence electrons. The first kappa shape index (κ1) is 28.5. The quantitative estimate of drug-likeness (QED) is 0.416. The van der Waals surface area contributed by atoms with E-state index >= 15 is 0 Å². The predicted octanol–water partition coefficient (Wildman–Crippen LogP) is 1.07. The third-order valence-electron chi connectivity index (χ3n) is 1.55. The van der Waals surface area contributed by atoms with Crippen molar-refractivity contribution in [2.75, 3.05) is 19.8 Å². The Bertz CT molecular complexity index is 215.